The Kier molecular flexibility index (Phi) is 16.4. The Morgan fingerprint density at radius 3 is 2.25 bits per heavy atom. The second-order valence-corrected chi connectivity index (χ2v) is 19.4. The van der Waals surface area contributed by atoms with Gasteiger partial charge in [-0.1, -0.05) is 105 Å². The first-order valence-electron chi connectivity index (χ1n) is 24.1. The summed E-state index contributed by atoms with van der Waals surface area (Å²) >= 11 is 0. The molecule has 8 bridgehead atoms. The summed E-state index contributed by atoms with van der Waals surface area (Å²) < 4.78 is 11.0. The fourth-order valence-corrected chi connectivity index (χ4v) is 10.1. The zero-order valence-electron chi connectivity index (χ0n) is 40.7. The number of carbonyl (C=O) groups is 3. The number of aliphatic imine (C=N–C) groups is 3. The van der Waals surface area contributed by atoms with Crippen molar-refractivity contribution >= 4 is 34.9 Å². The molecule has 0 aromatic carbocycles. The second-order valence-electron chi connectivity index (χ2n) is 19.4. The molecule has 10 nitrogen and oxygen atoms in total. The highest BCUT2D eigenvalue weighted by molar-refractivity contribution is 6.42. The fourth-order valence-electron chi connectivity index (χ4n) is 10.1. The van der Waals surface area contributed by atoms with Crippen LogP contribution in [0.2, 0.25) is 0 Å². The van der Waals surface area contributed by atoms with Gasteiger partial charge in [-0.15, -0.1) is 0 Å². The summed E-state index contributed by atoms with van der Waals surface area (Å²) in [4.78, 5) is 56.5. The van der Waals surface area contributed by atoms with Crippen molar-refractivity contribution in [2.45, 2.75) is 139 Å². The van der Waals surface area contributed by atoms with Gasteiger partial charge in [-0.05, 0) is 105 Å². The van der Waals surface area contributed by atoms with Gasteiger partial charge in [-0.25, -0.2) is 15.0 Å². The van der Waals surface area contributed by atoms with Crippen LogP contribution in [0.25, 0.3) is 0 Å². The van der Waals surface area contributed by atoms with Gasteiger partial charge in [0.25, 0.3) is 0 Å². The number of aliphatic hydroxyl groups excluding tert-OH is 1. The number of nitrogens with zero attached hydrogens (tertiary/aromatic N) is 3. The molecule has 0 aromatic rings. The molecule has 0 aromatic heterocycles. The number of rotatable bonds is 20. The zero-order chi connectivity index (χ0) is 47.1. The molecule has 0 amide bonds. The maximum Gasteiger partial charge on any atom is 0.321 e. The van der Waals surface area contributed by atoms with E-state index in [1.807, 2.05) is 45.1 Å². The van der Waals surface area contributed by atoms with Crippen molar-refractivity contribution in [2.75, 3.05) is 13.7 Å². The van der Waals surface area contributed by atoms with Gasteiger partial charge >= 0.3 is 11.9 Å². The molecule has 1 saturated carbocycles. The van der Waals surface area contributed by atoms with Crippen LogP contribution in [0.1, 0.15) is 139 Å². The largest absolute Gasteiger partial charge is 0.515 e. The minimum absolute atomic E-state index is 0.139. The third-order valence-electron chi connectivity index (χ3n) is 14.2. The summed E-state index contributed by atoms with van der Waals surface area (Å²) in [5, 5.41) is 14.1. The average Bonchev–Trinajstić information content (AvgIpc) is 4.02. The SMILES string of the molecule is C=CC1=C(C)C2=NC1=CC1=NC(=C(CC)C1=CO)C=C1N=C3C(=C1C)C(=O)[C@@H](C(=O)OC)C3=C1NC(=C2)[C@@H](C)[C@@H]1CCC(=O)OC/C=C(\C)CCC[C@@H](C)CCC[C@@H](C)CCCC(C)C. The van der Waals surface area contributed by atoms with Gasteiger partial charge in [-0.2, -0.15) is 0 Å². The summed E-state index contributed by atoms with van der Waals surface area (Å²) in [6.07, 6.45) is 22.9. The number of Topliss-reactive ketones (excluding diaryl/α,β-unsaturated/α-hetero) is 1. The van der Waals surface area contributed by atoms with Gasteiger partial charge in [-0.3, -0.25) is 14.4 Å². The van der Waals surface area contributed by atoms with Gasteiger partial charge < -0.3 is 19.9 Å². The Hall–Kier alpha value is -5.38. The van der Waals surface area contributed by atoms with Crippen molar-refractivity contribution in [2.24, 2.45) is 50.5 Å². The number of aliphatic hydroxyl groups is 1. The van der Waals surface area contributed by atoms with Crippen molar-refractivity contribution < 1.29 is 29.0 Å². The number of carbonyl (C=O) groups excluding carboxylic acids is 3. The van der Waals surface area contributed by atoms with E-state index in [4.69, 9.17) is 24.5 Å². The number of esters is 2. The molecular weight excluding hydrogens is 813 g/mol. The van der Waals surface area contributed by atoms with Gasteiger partial charge in [0.15, 0.2) is 5.78 Å². The van der Waals surface area contributed by atoms with Crippen LogP contribution in [0.15, 0.2) is 131 Å². The van der Waals surface area contributed by atoms with E-state index in [0.29, 0.717) is 81.0 Å². The number of ketones is 1. The number of nitrogens with one attached hydrogen (secondary N) is 1. The lowest BCUT2D eigenvalue weighted by molar-refractivity contribution is -0.146. The van der Waals surface area contributed by atoms with E-state index < -0.39 is 11.9 Å². The highest BCUT2D eigenvalue weighted by Gasteiger charge is 2.52. The number of hydrogen-bond acceptors (Lipinski definition) is 10. The second kappa shape index (κ2) is 21.7. The summed E-state index contributed by atoms with van der Waals surface area (Å²) in [5.41, 5.74) is 10.9. The van der Waals surface area contributed by atoms with E-state index >= 15 is 0 Å². The fraction of sp³-hybridized carbons (Fsp3) is 0.527. The van der Waals surface area contributed by atoms with Gasteiger partial charge in [0.2, 0.25) is 0 Å². The summed E-state index contributed by atoms with van der Waals surface area (Å²) in [5.74, 6) is -0.732. The molecule has 5 aliphatic heterocycles. The van der Waals surface area contributed by atoms with Gasteiger partial charge in [0.1, 0.15) is 12.5 Å². The lowest BCUT2D eigenvalue weighted by Gasteiger charge is -2.19. The van der Waals surface area contributed by atoms with E-state index in [1.54, 1.807) is 6.08 Å². The first-order valence-corrected chi connectivity index (χ1v) is 24.1. The standard InChI is InChI=1S/C55H72N4O6/c1-12-38-35(8)42-27-43-36(9)40(23-24-48(61)65-26-25-34(7)22-16-21-33(6)20-15-19-32(5)18-14-17-31(3)4)52(58-43)50-51(55(63)64-11)54(62)49-37(10)44(59-53(49)50)28-46-39(13-2)41(30-60)47(57-46)29-45(38)56-42/h12,25,27-33,36,40,51,58,60H,1,13-24,26H2,2-11H3/b34-25+,41-30?,43-27?,44-28?,45-29?,52-50?/t32-,33-,36-,40-,51-/m0/s1. The summed E-state index contributed by atoms with van der Waals surface area (Å²) in [7, 11) is 1.29. The maximum atomic E-state index is 14.4. The minimum atomic E-state index is -1.23. The molecule has 5 heterocycles. The Morgan fingerprint density at radius 1 is 0.908 bits per heavy atom. The molecule has 65 heavy (non-hydrogen) atoms. The summed E-state index contributed by atoms with van der Waals surface area (Å²) in [6.45, 7) is 23.7. The Balaban J connectivity index is 1.21. The van der Waals surface area contributed by atoms with Crippen LogP contribution in [0.5, 0.6) is 0 Å². The molecule has 10 heteroatoms. The lowest BCUT2D eigenvalue weighted by Crippen LogP contribution is -2.26. The number of ether oxygens (including phenoxy) is 2. The molecular formula is C55H72N4O6. The Labute approximate surface area is 387 Å². The highest BCUT2D eigenvalue weighted by atomic mass is 16.5. The third kappa shape index (κ3) is 10.8. The quantitative estimate of drug-likeness (QED) is 0.0537. The predicted octanol–water partition coefficient (Wildman–Crippen LogP) is 12.1. The van der Waals surface area contributed by atoms with Crippen LogP contribution >= 0.6 is 0 Å². The molecule has 0 radical (unpaired) electrons. The van der Waals surface area contributed by atoms with Crippen molar-refractivity contribution in [3.8, 4) is 0 Å². The molecule has 5 atom stereocenters. The number of hydrogen-bond donors (Lipinski definition) is 2. The van der Waals surface area contributed by atoms with Crippen LogP contribution in [0.4, 0.5) is 0 Å². The summed E-state index contributed by atoms with van der Waals surface area (Å²) in [6, 6.07) is 0. The first kappa shape index (κ1) is 49.1. The zero-order valence-corrected chi connectivity index (χ0v) is 40.7. The van der Waals surface area contributed by atoms with Crippen LogP contribution in [-0.2, 0) is 23.9 Å². The molecule has 2 N–H and O–H groups in total. The van der Waals surface area contributed by atoms with E-state index in [2.05, 4.69) is 53.4 Å². The van der Waals surface area contributed by atoms with E-state index in [-0.39, 0.29) is 36.6 Å². The molecule has 2 fully saturated rings. The molecule has 1 saturated heterocycles. The first-order chi connectivity index (χ1) is 31.1. The van der Waals surface area contributed by atoms with Crippen molar-refractivity contribution in [3.05, 3.63) is 116 Å². The van der Waals surface area contributed by atoms with Crippen molar-refractivity contribution in [1.29, 1.82) is 0 Å². The van der Waals surface area contributed by atoms with Crippen LogP contribution < -0.4 is 5.32 Å². The van der Waals surface area contributed by atoms with E-state index in [1.165, 1.54) is 57.6 Å². The van der Waals surface area contributed by atoms with Crippen molar-refractivity contribution in [3.63, 3.8) is 0 Å². The average molecular weight is 885 g/mol. The van der Waals surface area contributed by atoms with Crippen LogP contribution in [-0.4, -0.2) is 53.7 Å². The topological polar surface area (TPSA) is 139 Å². The number of methoxy groups -OCH3 is 1. The van der Waals surface area contributed by atoms with Gasteiger partial charge in [0.05, 0.1) is 47.6 Å². The Bertz CT molecular complexity index is 2350. The van der Waals surface area contributed by atoms with E-state index in [0.717, 1.165) is 53.4 Å². The van der Waals surface area contributed by atoms with Crippen LogP contribution in [0.3, 0.4) is 0 Å². The van der Waals surface area contributed by atoms with Crippen LogP contribution in [0, 0.1) is 35.5 Å². The Morgan fingerprint density at radius 2 is 1.60 bits per heavy atom. The lowest BCUT2D eigenvalue weighted by atomic mass is 9.85. The normalized spacial score (nSPS) is 23.2. The molecule has 6 aliphatic rings. The highest BCUT2D eigenvalue weighted by Crippen LogP contribution is 2.47. The minimum Gasteiger partial charge on any atom is -0.515 e. The number of fused-ring (bicyclic) bond motifs is 5. The molecule has 348 valence electrons. The predicted molar refractivity (Wildman–Crippen MR) is 262 cm³/mol. The van der Waals surface area contributed by atoms with E-state index in [9.17, 15) is 19.5 Å². The molecule has 0 unspecified atom stereocenters. The molecule has 6 rings (SSSR count). The van der Waals surface area contributed by atoms with Gasteiger partial charge in [0, 0.05) is 51.9 Å². The maximum absolute atomic E-state index is 14.4. The molecule has 1 aliphatic carbocycles. The monoisotopic (exact) mass is 885 g/mol. The number of allylic oxidation sites excluding steroid dienone is 12. The third-order valence-corrected chi connectivity index (χ3v) is 14.2. The molecule has 0 spiro atoms. The van der Waals surface area contributed by atoms with Crippen molar-refractivity contribution in [1.82, 2.24) is 5.32 Å². The smallest absolute Gasteiger partial charge is 0.321 e.